The molecule has 0 radical (unpaired) electrons. The summed E-state index contributed by atoms with van der Waals surface area (Å²) in [6, 6.07) is 7.11. The first-order valence-corrected chi connectivity index (χ1v) is 9.81. The van der Waals surface area contributed by atoms with Crippen molar-refractivity contribution in [1.29, 1.82) is 0 Å². The molecule has 2 aliphatic rings. The van der Waals surface area contributed by atoms with E-state index >= 15 is 0 Å². The highest BCUT2D eigenvalue weighted by molar-refractivity contribution is 8.18. The number of rotatable bonds is 6. The lowest BCUT2D eigenvalue weighted by Crippen LogP contribution is -2.45. The first-order valence-electron chi connectivity index (χ1n) is 8.61. The van der Waals surface area contributed by atoms with E-state index < -0.39 is 0 Å². The number of hydrogen-bond acceptors (Lipinski definition) is 6. The Bertz CT molecular complexity index is 765. The van der Waals surface area contributed by atoms with Crippen molar-refractivity contribution in [2.24, 2.45) is 0 Å². The zero-order valence-corrected chi connectivity index (χ0v) is 16.2. The van der Waals surface area contributed by atoms with E-state index in [0.29, 0.717) is 28.7 Å². The molecular formula is C18H20ClN3O4S. The number of benzene rings is 1. The molecule has 0 bridgehead atoms. The SMILES string of the molecule is O=C(CN1CCOCC1)NCCN1C(=O)S/C(=C\c2ccccc2Cl)C1=O. The maximum Gasteiger partial charge on any atom is 0.293 e. The van der Waals surface area contributed by atoms with Crippen LogP contribution in [0.5, 0.6) is 0 Å². The summed E-state index contributed by atoms with van der Waals surface area (Å²) >= 11 is 6.98. The van der Waals surface area contributed by atoms with Gasteiger partial charge in [0.2, 0.25) is 5.91 Å². The summed E-state index contributed by atoms with van der Waals surface area (Å²) < 4.78 is 5.24. The number of ether oxygens (including phenoxy) is 1. The van der Waals surface area contributed by atoms with Gasteiger partial charge in [-0.05, 0) is 29.5 Å². The lowest BCUT2D eigenvalue weighted by atomic mass is 10.2. The lowest BCUT2D eigenvalue weighted by molar-refractivity contribution is -0.125. The minimum Gasteiger partial charge on any atom is -0.379 e. The Morgan fingerprint density at radius 2 is 2.00 bits per heavy atom. The van der Waals surface area contributed by atoms with Crippen LogP contribution in [-0.4, -0.2) is 72.8 Å². The van der Waals surface area contributed by atoms with Crippen LogP contribution in [-0.2, 0) is 14.3 Å². The molecule has 2 aliphatic heterocycles. The van der Waals surface area contributed by atoms with E-state index in [1.807, 2.05) is 11.0 Å². The van der Waals surface area contributed by atoms with E-state index in [2.05, 4.69) is 5.32 Å². The summed E-state index contributed by atoms with van der Waals surface area (Å²) in [6.45, 7) is 3.36. The second-order valence-corrected chi connectivity index (χ2v) is 7.49. The van der Waals surface area contributed by atoms with Gasteiger partial charge in [-0.3, -0.25) is 24.2 Å². The number of nitrogens with zero attached hydrogens (tertiary/aromatic N) is 2. The Morgan fingerprint density at radius 1 is 1.26 bits per heavy atom. The Hall–Kier alpha value is -1.87. The Kier molecular flexibility index (Phi) is 6.89. The second kappa shape index (κ2) is 9.36. The van der Waals surface area contributed by atoms with Gasteiger partial charge in [0.05, 0.1) is 24.7 Å². The van der Waals surface area contributed by atoms with Gasteiger partial charge in [0.1, 0.15) is 0 Å². The highest BCUT2D eigenvalue weighted by atomic mass is 35.5. The van der Waals surface area contributed by atoms with E-state index in [-0.39, 0.29) is 36.7 Å². The molecule has 1 aromatic rings. The van der Waals surface area contributed by atoms with Gasteiger partial charge < -0.3 is 10.1 Å². The van der Waals surface area contributed by atoms with Gasteiger partial charge in [-0.15, -0.1) is 0 Å². The number of nitrogens with one attached hydrogen (secondary N) is 1. The molecule has 3 rings (SSSR count). The van der Waals surface area contributed by atoms with Crippen molar-refractivity contribution in [1.82, 2.24) is 15.1 Å². The minimum atomic E-state index is -0.368. The summed E-state index contributed by atoms with van der Waals surface area (Å²) in [4.78, 5) is 40.0. The molecule has 2 fully saturated rings. The molecule has 1 N–H and O–H groups in total. The van der Waals surface area contributed by atoms with Crippen molar-refractivity contribution in [3.63, 3.8) is 0 Å². The van der Waals surface area contributed by atoms with Crippen LogP contribution in [0.1, 0.15) is 5.56 Å². The van der Waals surface area contributed by atoms with Crippen LogP contribution in [0.3, 0.4) is 0 Å². The first kappa shape index (κ1) is 19.9. The molecule has 1 aromatic carbocycles. The molecule has 0 unspecified atom stereocenters. The second-order valence-electron chi connectivity index (χ2n) is 6.09. The number of hydrogen-bond donors (Lipinski definition) is 1. The van der Waals surface area contributed by atoms with Crippen LogP contribution in [0.4, 0.5) is 4.79 Å². The largest absolute Gasteiger partial charge is 0.379 e. The third-order valence-corrected chi connectivity index (χ3v) is 5.45. The summed E-state index contributed by atoms with van der Waals surface area (Å²) in [5, 5.41) is 2.92. The van der Waals surface area contributed by atoms with Crippen LogP contribution in [0.2, 0.25) is 5.02 Å². The molecule has 27 heavy (non-hydrogen) atoms. The van der Waals surface area contributed by atoms with Gasteiger partial charge in [0.25, 0.3) is 11.1 Å². The van der Waals surface area contributed by atoms with Crippen LogP contribution in [0.15, 0.2) is 29.2 Å². The molecule has 7 nitrogen and oxygen atoms in total. The molecule has 0 aliphatic carbocycles. The topological polar surface area (TPSA) is 79.0 Å². The summed E-state index contributed by atoms with van der Waals surface area (Å²) in [5.74, 6) is -0.497. The third kappa shape index (κ3) is 5.32. The molecule has 3 amide bonds. The van der Waals surface area contributed by atoms with Gasteiger partial charge in [0.15, 0.2) is 0 Å². The summed E-state index contributed by atoms with van der Waals surface area (Å²) in [6.07, 6.45) is 1.62. The average molecular weight is 410 g/mol. The fraction of sp³-hybridized carbons (Fsp3) is 0.389. The zero-order valence-electron chi connectivity index (χ0n) is 14.7. The lowest BCUT2D eigenvalue weighted by Gasteiger charge is -2.25. The molecule has 2 saturated heterocycles. The fourth-order valence-corrected chi connectivity index (χ4v) is 3.80. The Labute approximate surface area is 166 Å². The smallest absolute Gasteiger partial charge is 0.293 e. The predicted molar refractivity (Wildman–Crippen MR) is 104 cm³/mol. The average Bonchev–Trinajstić information content (AvgIpc) is 2.92. The fourth-order valence-electron chi connectivity index (χ4n) is 2.75. The van der Waals surface area contributed by atoms with Crippen molar-refractivity contribution in [3.8, 4) is 0 Å². The number of halogens is 1. The van der Waals surface area contributed by atoms with Gasteiger partial charge in [-0.25, -0.2) is 0 Å². The molecule has 2 heterocycles. The van der Waals surface area contributed by atoms with Gasteiger partial charge in [-0.1, -0.05) is 29.8 Å². The van der Waals surface area contributed by atoms with Crippen molar-refractivity contribution >= 4 is 46.5 Å². The maximum absolute atomic E-state index is 12.5. The number of carbonyl (C=O) groups is 3. The van der Waals surface area contributed by atoms with Crippen molar-refractivity contribution in [3.05, 3.63) is 39.8 Å². The van der Waals surface area contributed by atoms with E-state index in [4.69, 9.17) is 16.3 Å². The molecule has 0 saturated carbocycles. The van der Waals surface area contributed by atoms with Gasteiger partial charge in [-0.2, -0.15) is 0 Å². The molecule has 9 heteroatoms. The predicted octanol–water partition coefficient (Wildman–Crippen LogP) is 1.82. The van der Waals surface area contributed by atoms with Crippen LogP contribution in [0.25, 0.3) is 6.08 Å². The maximum atomic E-state index is 12.5. The molecule has 0 spiro atoms. The standard InChI is InChI=1S/C18H20ClN3O4S/c19-14-4-2-1-3-13(14)11-15-17(24)22(18(25)27-15)6-5-20-16(23)12-21-7-9-26-10-8-21/h1-4,11H,5-10,12H2,(H,20,23)/b15-11-. The Balaban J connectivity index is 1.50. The summed E-state index contributed by atoms with van der Waals surface area (Å²) in [7, 11) is 0. The number of thioether (sulfide) groups is 1. The highest BCUT2D eigenvalue weighted by Gasteiger charge is 2.34. The number of amides is 3. The van der Waals surface area contributed by atoms with Crippen molar-refractivity contribution in [2.75, 3.05) is 45.9 Å². The normalized spacial score (nSPS) is 19.7. The quantitative estimate of drug-likeness (QED) is 0.722. The molecule has 0 atom stereocenters. The van der Waals surface area contributed by atoms with Crippen LogP contribution < -0.4 is 5.32 Å². The van der Waals surface area contributed by atoms with Crippen molar-refractivity contribution < 1.29 is 19.1 Å². The number of imide groups is 1. The zero-order chi connectivity index (χ0) is 19.2. The van der Waals surface area contributed by atoms with Gasteiger partial charge >= 0.3 is 0 Å². The van der Waals surface area contributed by atoms with E-state index in [1.165, 1.54) is 0 Å². The van der Waals surface area contributed by atoms with Crippen LogP contribution >= 0.6 is 23.4 Å². The van der Waals surface area contributed by atoms with Crippen LogP contribution in [0, 0.1) is 0 Å². The van der Waals surface area contributed by atoms with Gasteiger partial charge in [0, 0.05) is 31.2 Å². The van der Waals surface area contributed by atoms with E-state index in [0.717, 1.165) is 29.8 Å². The monoisotopic (exact) mass is 409 g/mol. The number of carbonyl (C=O) groups excluding carboxylic acids is 3. The first-order chi connectivity index (χ1) is 13.0. The minimum absolute atomic E-state index is 0.129. The molecular weight excluding hydrogens is 390 g/mol. The molecule has 144 valence electrons. The van der Waals surface area contributed by atoms with E-state index in [9.17, 15) is 14.4 Å². The highest BCUT2D eigenvalue weighted by Crippen LogP contribution is 2.33. The third-order valence-electron chi connectivity index (χ3n) is 4.19. The molecule has 0 aromatic heterocycles. The van der Waals surface area contributed by atoms with Crippen molar-refractivity contribution in [2.45, 2.75) is 0 Å². The van der Waals surface area contributed by atoms with E-state index in [1.54, 1.807) is 24.3 Å². The Morgan fingerprint density at radius 3 is 2.74 bits per heavy atom. The number of morpholine rings is 1. The summed E-state index contributed by atoms with van der Waals surface area (Å²) in [5.41, 5.74) is 0.684.